The second kappa shape index (κ2) is 6.33. The van der Waals surface area contributed by atoms with Gasteiger partial charge in [-0.3, -0.25) is 4.21 Å². The van der Waals surface area contributed by atoms with Crippen LogP contribution in [0.4, 0.5) is 4.39 Å². The second-order valence-corrected chi connectivity index (χ2v) is 5.56. The van der Waals surface area contributed by atoms with Crippen molar-refractivity contribution in [2.24, 2.45) is 5.73 Å². The van der Waals surface area contributed by atoms with Crippen molar-refractivity contribution in [3.8, 4) is 0 Å². The molecular formula is C11H15ClFNOS. The Morgan fingerprint density at radius 3 is 2.81 bits per heavy atom. The molecule has 0 aliphatic carbocycles. The van der Waals surface area contributed by atoms with Gasteiger partial charge >= 0.3 is 0 Å². The Kier molecular flexibility index (Phi) is 5.38. The van der Waals surface area contributed by atoms with E-state index in [1.54, 1.807) is 6.07 Å². The summed E-state index contributed by atoms with van der Waals surface area (Å²) in [6, 6.07) is 4.05. The van der Waals surface area contributed by atoms with Crippen molar-refractivity contribution < 1.29 is 8.60 Å². The van der Waals surface area contributed by atoms with Gasteiger partial charge in [0.05, 0.1) is 5.75 Å². The van der Waals surface area contributed by atoms with Crippen molar-refractivity contribution in [3.63, 3.8) is 0 Å². The first-order valence-corrected chi connectivity index (χ1v) is 6.94. The van der Waals surface area contributed by atoms with Crippen LogP contribution >= 0.6 is 11.6 Å². The van der Waals surface area contributed by atoms with Crippen molar-refractivity contribution in [1.82, 2.24) is 0 Å². The average molecular weight is 264 g/mol. The number of hydrogen-bond acceptors (Lipinski definition) is 2. The molecule has 90 valence electrons. The van der Waals surface area contributed by atoms with Gasteiger partial charge in [0.1, 0.15) is 5.82 Å². The van der Waals surface area contributed by atoms with E-state index >= 15 is 0 Å². The highest BCUT2D eigenvalue weighted by atomic mass is 35.5. The molecule has 0 saturated carbocycles. The van der Waals surface area contributed by atoms with Crippen LogP contribution in [0.25, 0.3) is 0 Å². The summed E-state index contributed by atoms with van der Waals surface area (Å²) >= 11 is 5.84. The quantitative estimate of drug-likeness (QED) is 0.887. The Balaban J connectivity index is 2.63. The molecule has 1 aromatic rings. The van der Waals surface area contributed by atoms with E-state index in [2.05, 4.69) is 0 Å². The lowest BCUT2D eigenvalue weighted by atomic mass is 10.2. The maximum Gasteiger partial charge on any atom is 0.124 e. The fraction of sp³-hybridized carbons (Fsp3) is 0.455. The molecule has 0 aliphatic heterocycles. The number of benzene rings is 1. The molecule has 5 heteroatoms. The Hall–Kier alpha value is -0.450. The molecule has 0 saturated heterocycles. The monoisotopic (exact) mass is 263 g/mol. The Labute approximate surface area is 102 Å². The maximum absolute atomic E-state index is 12.8. The number of rotatable bonds is 5. The van der Waals surface area contributed by atoms with Gasteiger partial charge in [-0.25, -0.2) is 4.39 Å². The van der Waals surface area contributed by atoms with E-state index in [1.807, 2.05) is 6.92 Å². The summed E-state index contributed by atoms with van der Waals surface area (Å²) in [5.74, 6) is 0.390. The molecule has 0 fully saturated rings. The van der Waals surface area contributed by atoms with Crippen LogP contribution in [0.5, 0.6) is 0 Å². The molecule has 1 aromatic carbocycles. The summed E-state index contributed by atoms with van der Waals surface area (Å²) in [6.45, 7) is 1.95. The van der Waals surface area contributed by atoms with Gasteiger partial charge in [0.15, 0.2) is 0 Å². The van der Waals surface area contributed by atoms with Crippen molar-refractivity contribution >= 4 is 22.4 Å². The summed E-state index contributed by atoms with van der Waals surface area (Å²) in [7, 11) is -1.05. The zero-order valence-corrected chi connectivity index (χ0v) is 10.7. The summed E-state index contributed by atoms with van der Waals surface area (Å²) in [6.07, 6.45) is 0.795. The maximum atomic E-state index is 12.8. The summed E-state index contributed by atoms with van der Waals surface area (Å²) in [4.78, 5) is 0. The molecule has 0 aliphatic rings. The van der Waals surface area contributed by atoms with Gasteiger partial charge < -0.3 is 5.73 Å². The minimum Gasteiger partial charge on any atom is -0.327 e. The van der Waals surface area contributed by atoms with Crippen LogP contribution in [-0.4, -0.2) is 16.0 Å². The first kappa shape index (κ1) is 13.6. The van der Waals surface area contributed by atoms with Gasteiger partial charge in [0, 0.05) is 27.6 Å². The molecule has 0 radical (unpaired) electrons. The Morgan fingerprint density at radius 1 is 1.56 bits per heavy atom. The molecule has 1 rings (SSSR count). The second-order valence-electron chi connectivity index (χ2n) is 3.65. The standard InChI is InChI=1S/C11H15ClFNOS/c1-2-10(14)7-16(15)6-8-3-4-9(13)5-11(8)12/h3-5,10H,2,6-7,14H2,1H3. The van der Waals surface area contributed by atoms with E-state index in [4.69, 9.17) is 17.3 Å². The smallest absolute Gasteiger partial charge is 0.124 e. The van der Waals surface area contributed by atoms with E-state index in [0.29, 0.717) is 22.1 Å². The molecule has 2 atom stereocenters. The van der Waals surface area contributed by atoms with Crippen LogP contribution < -0.4 is 5.73 Å². The SMILES string of the molecule is CCC(N)CS(=O)Cc1ccc(F)cc1Cl. The third-order valence-electron chi connectivity index (χ3n) is 2.26. The Bertz CT molecular complexity index is 386. The van der Waals surface area contributed by atoms with Gasteiger partial charge in [-0.05, 0) is 24.1 Å². The van der Waals surface area contributed by atoms with Crippen LogP contribution in [-0.2, 0) is 16.6 Å². The van der Waals surface area contributed by atoms with Gasteiger partial charge in [0.2, 0.25) is 0 Å². The normalized spacial score (nSPS) is 14.8. The molecule has 0 aromatic heterocycles. The number of nitrogens with two attached hydrogens (primary N) is 1. The van der Waals surface area contributed by atoms with Gasteiger partial charge in [-0.15, -0.1) is 0 Å². The first-order valence-electron chi connectivity index (χ1n) is 5.07. The van der Waals surface area contributed by atoms with Crippen LogP contribution in [0.2, 0.25) is 5.02 Å². The highest BCUT2D eigenvalue weighted by molar-refractivity contribution is 7.84. The molecular weight excluding hydrogens is 249 g/mol. The lowest BCUT2D eigenvalue weighted by Crippen LogP contribution is -2.26. The van der Waals surface area contributed by atoms with Crippen LogP contribution in [0, 0.1) is 5.82 Å². The van der Waals surface area contributed by atoms with Gasteiger partial charge in [-0.2, -0.15) is 0 Å². The Morgan fingerprint density at radius 2 is 2.25 bits per heavy atom. The van der Waals surface area contributed by atoms with Gasteiger partial charge in [-0.1, -0.05) is 24.6 Å². The van der Waals surface area contributed by atoms with Crippen LogP contribution in [0.15, 0.2) is 18.2 Å². The summed E-state index contributed by atoms with van der Waals surface area (Å²) in [5, 5.41) is 0.318. The fourth-order valence-corrected chi connectivity index (χ4v) is 2.97. The zero-order chi connectivity index (χ0) is 12.1. The van der Waals surface area contributed by atoms with E-state index in [9.17, 15) is 8.60 Å². The van der Waals surface area contributed by atoms with E-state index in [1.165, 1.54) is 12.1 Å². The van der Waals surface area contributed by atoms with E-state index in [-0.39, 0.29) is 11.9 Å². The summed E-state index contributed by atoms with van der Waals surface area (Å²) < 4.78 is 24.5. The highest BCUT2D eigenvalue weighted by Crippen LogP contribution is 2.18. The third kappa shape index (κ3) is 4.20. The van der Waals surface area contributed by atoms with Crippen molar-refractivity contribution in [2.45, 2.75) is 25.1 Å². The van der Waals surface area contributed by atoms with Crippen molar-refractivity contribution in [3.05, 3.63) is 34.6 Å². The predicted molar refractivity (Wildman–Crippen MR) is 66.4 cm³/mol. The molecule has 0 bridgehead atoms. The van der Waals surface area contributed by atoms with Crippen molar-refractivity contribution in [1.29, 1.82) is 0 Å². The largest absolute Gasteiger partial charge is 0.327 e. The van der Waals surface area contributed by atoms with Crippen molar-refractivity contribution in [2.75, 3.05) is 5.75 Å². The third-order valence-corrected chi connectivity index (χ3v) is 4.04. The molecule has 2 unspecified atom stereocenters. The summed E-state index contributed by atoms with van der Waals surface area (Å²) in [5.41, 5.74) is 6.40. The minimum absolute atomic E-state index is 0.0555. The molecule has 2 N–H and O–H groups in total. The fourth-order valence-electron chi connectivity index (χ4n) is 1.23. The molecule has 0 heterocycles. The zero-order valence-electron chi connectivity index (χ0n) is 9.08. The molecule has 0 amide bonds. The van der Waals surface area contributed by atoms with Crippen LogP contribution in [0.1, 0.15) is 18.9 Å². The molecule has 0 spiro atoms. The number of halogens is 2. The van der Waals surface area contributed by atoms with E-state index < -0.39 is 10.8 Å². The highest BCUT2D eigenvalue weighted by Gasteiger charge is 2.09. The van der Waals surface area contributed by atoms with Crippen LogP contribution in [0.3, 0.4) is 0 Å². The van der Waals surface area contributed by atoms with E-state index in [0.717, 1.165) is 6.42 Å². The average Bonchev–Trinajstić information content (AvgIpc) is 2.22. The first-order chi connectivity index (χ1) is 7.52. The predicted octanol–water partition coefficient (Wildman–Crippen LogP) is 2.47. The minimum atomic E-state index is -1.05. The molecule has 16 heavy (non-hydrogen) atoms. The topological polar surface area (TPSA) is 43.1 Å². The molecule has 2 nitrogen and oxygen atoms in total. The lowest BCUT2D eigenvalue weighted by Gasteiger charge is -2.09. The number of hydrogen-bond donors (Lipinski definition) is 1. The lowest BCUT2D eigenvalue weighted by molar-refractivity contribution is 0.627. The van der Waals surface area contributed by atoms with Gasteiger partial charge in [0.25, 0.3) is 0 Å².